The minimum atomic E-state index is -0.122. The van der Waals surface area contributed by atoms with Crippen LogP contribution in [0, 0.1) is 0 Å². The van der Waals surface area contributed by atoms with Crippen LogP contribution in [0.2, 0.25) is 0 Å². The molecule has 0 aromatic rings. The normalized spacial score (nSPS) is 21.4. The number of nitrogens with one attached hydrogen (secondary N) is 1. The number of methoxy groups -OCH3 is 1. The van der Waals surface area contributed by atoms with Gasteiger partial charge in [0, 0.05) is 51.7 Å². The van der Waals surface area contributed by atoms with Gasteiger partial charge in [-0.15, -0.1) is 24.0 Å². The van der Waals surface area contributed by atoms with Gasteiger partial charge in [0.1, 0.15) is 0 Å². The topological polar surface area (TPSA) is 66.4 Å². The summed E-state index contributed by atoms with van der Waals surface area (Å²) in [6, 6.07) is 0.618. The van der Waals surface area contributed by atoms with E-state index in [2.05, 4.69) is 26.8 Å². The van der Waals surface area contributed by atoms with Gasteiger partial charge < -0.3 is 19.7 Å². The summed E-state index contributed by atoms with van der Waals surface area (Å²) in [5.74, 6) is 0.911. The number of ether oxygens (including phenoxy) is 2. The Morgan fingerprint density at radius 1 is 1.23 bits per heavy atom. The number of carbonyl (C=O) groups excluding carboxylic acids is 1. The summed E-state index contributed by atoms with van der Waals surface area (Å²) >= 11 is 0. The van der Waals surface area contributed by atoms with Crippen molar-refractivity contribution >= 4 is 35.9 Å². The largest absolute Gasteiger partial charge is 0.469 e. The molecule has 152 valence electrons. The number of hydrogen-bond donors (Lipinski definition) is 1. The number of unbranched alkanes of at least 4 members (excludes halogenated alkanes) is 2. The van der Waals surface area contributed by atoms with Crippen LogP contribution < -0.4 is 5.32 Å². The maximum absolute atomic E-state index is 11.1. The third-order valence-electron chi connectivity index (χ3n) is 4.89. The third kappa shape index (κ3) is 7.96. The lowest BCUT2D eigenvalue weighted by Gasteiger charge is -2.32. The van der Waals surface area contributed by atoms with Crippen molar-refractivity contribution in [1.29, 1.82) is 0 Å². The summed E-state index contributed by atoms with van der Waals surface area (Å²) in [4.78, 5) is 20.8. The lowest BCUT2D eigenvalue weighted by atomic mass is 10.2. The number of guanidine groups is 1. The van der Waals surface area contributed by atoms with E-state index in [1.165, 1.54) is 13.5 Å². The van der Waals surface area contributed by atoms with Crippen LogP contribution in [-0.2, 0) is 14.3 Å². The summed E-state index contributed by atoms with van der Waals surface area (Å²) in [7, 11) is 1.44. The molecule has 1 N–H and O–H groups in total. The van der Waals surface area contributed by atoms with Crippen molar-refractivity contribution in [3.05, 3.63) is 0 Å². The van der Waals surface area contributed by atoms with Crippen molar-refractivity contribution in [3.63, 3.8) is 0 Å². The Kier molecular flexibility index (Phi) is 12.2. The van der Waals surface area contributed by atoms with Gasteiger partial charge in [-0.2, -0.15) is 0 Å². The van der Waals surface area contributed by atoms with Crippen molar-refractivity contribution in [1.82, 2.24) is 15.1 Å². The fourth-order valence-corrected chi connectivity index (χ4v) is 3.45. The van der Waals surface area contributed by atoms with Crippen LogP contribution >= 0.6 is 24.0 Å². The number of esters is 1. The Morgan fingerprint density at radius 3 is 2.69 bits per heavy atom. The minimum Gasteiger partial charge on any atom is -0.469 e. The van der Waals surface area contributed by atoms with Crippen LogP contribution in [-0.4, -0.2) is 87.4 Å². The predicted molar refractivity (Wildman–Crippen MR) is 114 cm³/mol. The molecule has 2 rings (SSSR count). The molecule has 0 aromatic carbocycles. The average Bonchev–Trinajstić information content (AvgIpc) is 3.14. The predicted octanol–water partition coefficient (Wildman–Crippen LogP) is 1.71. The number of halogens is 1. The quantitative estimate of drug-likeness (QED) is 0.187. The van der Waals surface area contributed by atoms with Crippen LogP contribution in [0.15, 0.2) is 4.99 Å². The first-order chi connectivity index (χ1) is 12.2. The van der Waals surface area contributed by atoms with E-state index in [1.54, 1.807) is 0 Å². The molecule has 2 heterocycles. The molecule has 2 aliphatic heterocycles. The van der Waals surface area contributed by atoms with Gasteiger partial charge >= 0.3 is 5.97 Å². The lowest BCUT2D eigenvalue weighted by Crippen LogP contribution is -2.46. The summed E-state index contributed by atoms with van der Waals surface area (Å²) in [5.41, 5.74) is 0. The third-order valence-corrected chi connectivity index (χ3v) is 4.89. The van der Waals surface area contributed by atoms with Crippen molar-refractivity contribution in [3.8, 4) is 0 Å². The molecule has 8 heteroatoms. The van der Waals surface area contributed by atoms with E-state index in [9.17, 15) is 4.79 Å². The standard InChI is InChI=1S/C18H34N4O3.HI/c1-3-19-18(20-9-6-4-5-7-17(23)24-2)22-10-8-16(15-22)21-11-13-25-14-12-21;/h16H,3-15H2,1-2H3,(H,19,20);1H. The summed E-state index contributed by atoms with van der Waals surface area (Å²) in [6.45, 7) is 9.74. The lowest BCUT2D eigenvalue weighted by molar-refractivity contribution is -0.140. The maximum atomic E-state index is 11.1. The van der Waals surface area contributed by atoms with E-state index in [0.29, 0.717) is 12.5 Å². The van der Waals surface area contributed by atoms with Gasteiger partial charge in [0.25, 0.3) is 0 Å². The number of hydrogen-bond acceptors (Lipinski definition) is 5. The van der Waals surface area contributed by atoms with E-state index in [-0.39, 0.29) is 29.9 Å². The van der Waals surface area contributed by atoms with E-state index in [4.69, 9.17) is 9.73 Å². The molecule has 1 unspecified atom stereocenters. The van der Waals surface area contributed by atoms with E-state index in [1.807, 2.05) is 0 Å². The Labute approximate surface area is 174 Å². The molecule has 2 aliphatic rings. The number of rotatable bonds is 8. The van der Waals surface area contributed by atoms with Crippen LogP contribution in [0.25, 0.3) is 0 Å². The molecular formula is C18H35IN4O3. The van der Waals surface area contributed by atoms with Gasteiger partial charge in [-0.05, 0) is 26.2 Å². The molecule has 0 spiro atoms. The molecule has 0 radical (unpaired) electrons. The first kappa shape index (κ1) is 23.4. The monoisotopic (exact) mass is 482 g/mol. The molecule has 2 saturated heterocycles. The summed E-state index contributed by atoms with van der Waals surface area (Å²) < 4.78 is 10.1. The van der Waals surface area contributed by atoms with E-state index < -0.39 is 0 Å². The van der Waals surface area contributed by atoms with Gasteiger partial charge in [-0.25, -0.2) is 0 Å². The summed E-state index contributed by atoms with van der Waals surface area (Å²) in [6.07, 6.45) is 4.60. The van der Waals surface area contributed by atoms with E-state index in [0.717, 1.165) is 77.7 Å². The van der Waals surface area contributed by atoms with Crippen molar-refractivity contribution in [2.45, 2.75) is 45.1 Å². The second kappa shape index (κ2) is 13.5. The molecule has 0 aliphatic carbocycles. The molecular weight excluding hydrogens is 447 g/mol. The zero-order valence-electron chi connectivity index (χ0n) is 16.2. The van der Waals surface area contributed by atoms with Gasteiger partial charge in [0.2, 0.25) is 0 Å². The van der Waals surface area contributed by atoms with Gasteiger partial charge in [0.05, 0.1) is 20.3 Å². The number of carbonyl (C=O) groups is 1. The highest BCUT2D eigenvalue weighted by atomic mass is 127. The molecule has 1 atom stereocenters. The van der Waals surface area contributed by atoms with Crippen LogP contribution in [0.4, 0.5) is 0 Å². The SMILES string of the molecule is CCNC(=NCCCCCC(=O)OC)N1CCC(N2CCOCC2)C1.I. The zero-order valence-corrected chi connectivity index (χ0v) is 18.6. The van der Waals surface area contributed by atoms with Crippen LogP contribution in [0.1, 0.15) is 39.0 Å². The van der Waals surface area contributed by atoms with Crippen LogP contribution in [0.3, 0.4) is 0 Å². The number of aliphatic imine (C=N–C) groups is 1. The molecule has 0 saturated carbocycles. The molecule has 26 heavy (non-hydrogen) atoms. The fourth-order valence-electron chi connectivity index (χ4n) is 3.45. The number of likely N-dealkylation sites (tertiary alicyclic amines) is 1. The fraction of sp³-hybridized carbons (Fsp3) is 0.889. The van der Waals surface area contributed by atoms with Gasteiger partial charge in [-0.1, -0.05) is 6.42 Å². The molecule has 0 amide bonds. The highest BCUT2D eigenvalue weighted by molar-refractivity contribution is 14.0. The minimum absolute atomic E-state index is 0. The van der Waals surface area contributed by atoms with Crippen molar-refractivity contribution in [2.24, 2.45) is 4.99 Å². The average molecular weight is 482 g/mol. The second-order valence-corrected chi connectivity index (χ2v) is 6.66. The second-order valence-electron chi connectivity index (χ2n) is 6.66. The van der Waals surface area contributed by atoms with Crippen molar-refractivity contribution in [2.75, 3.05) is 59.6 Å². The highest BCUT2D eigenvalue weighted by Gasteiger charge is 2.30. The smallest absolute Gasteiger partial charge is 0.305 e. The highest BCUT2D eigenvalue weighted by Crippen LogP contribution is 2.17. The van der Waals surface area contributed by atoms with Gasteiger partial charge in [0.15, 0.2) is 5.96 Å². The molecule has 0 aromatic heterocycles. The number of nitrogens with zero attached hydrogens (tertiary/aromatic N) is 3. The first-order valence-electron chi connectivity index (χ1n) is 9.66. The molecule has 2 fully saturated rings. The van der Waals surface area contributed by atoms with Crippen LogP contribution in [0.5, 0.6) is 0 Å². The Balaban J connectivity index is 0.00000338. The Morgan fingerprint density at radius 2 is 2.00 bits per heavy atom. The molecule has 7 nitrogen and oxygen atoms in total. The van der Waals surface area contributed by atoms with Crippen molar-refractivity contribution < 1.29 is 14.3 Å². The van der Waals surface area contributed by atoms with Gasteiger partial charge in [-0.3, -0.25) is 14.7 Å². The summed E-state index contributed by atoms with van der Waals surface area (Å²) in [5, 5.41) is 3.42. The zero-order chi connectivity index (χ0) is 17.9. The Hall–Kier alpha value is -0.610. The Bertz CT molecular complexity index is 431. The first-order valence-corrected chi connectivity index (χ1v) is 9.66. The number of morpholine rings is 1. The maximum Gasteiger partial charge on any atom is 0.305 e. The molecule has 0 bridgehead atoms. The van der Waals surface area contributed by atoms with E-state index >= 15 is 0 Å².